The highest BCUT2D eigenvalue weighted by Crippen LogP contribution is 2.29. The van der Waals surface area contributed by atoms with E-state index in [9.17, 15) is 15.0 Å². The van der Waals surface area contributed by atoms with Gasteiger partial charge in [-0.25, -0.2) is 4.79 Å². The quantitative estimate of drug-likeness (QED) is 0.177. The van der Waals surface area contributed by atoms with Crippen LogP contribution in [0.3, 0.4) is 0 Å². The zero-order valence-corrected chi connectivity index (χ0v) is 16.2. The minimum Gasteiger partial charge on any atom is -0.462 e. The first-order chi connectivity index (χ1) is 12.5. The van der Waals surface area contributed by atoms with Crippen LogP contribution in [-0.4, -0.2) is 28.6 Å². The summed E-state index contributed by atoms with van der Waals surface area (Å²) in [4.78, 5) is 11.4. The molecule has 26 heavy (non-hydrogen) atoms. The number of allylic oxidation sites excluding steroid dienone is 4. The second-order valence-electron chi connectivity index (χ2n) is 6.83. The summed E-state index contributed by atoms with van der Waals surface area (Å²) < 4.78 is 4.61. The Labute approximate surface area is 158 Å². The standard InChI is InChI=1S/C22H34O4/c1-3-5-6-7-8-10-14-19-16-13-17-20(19)15-11-9-12-18-22(24,25)21(23)26-4-2/h10-14,16,19-20,24-25H,3-8,15,17-18H2,1-2H3/t9?,19-,20-/m0/s1. The van der Waals surface area contributed by atoms with Crippen LogP contribution in [0.25, 0.3) is 0 Å². The topological polar surface area (TPSA) is 66.8 Å². The van der Waals surface area contributed by atoms with Crippen LogP contribution in [0.2, 0.25) is 0 Å². The van der Waals surface area contributed by atoms with E-state index in [-0.39, 0.29) is 13.0 Å². The molecule has 0 saturated heterocycles. The molecule has 4 nitrogen and oxygen atoms in total. The number of unbranched alkanes of at least 4 members (excludes halogenated alkanes) is 4. The van der Waals surface area contributed by atoms with E-state index in [0.29, 0.717) is 11.8 Å². The number of rotatable bonds is 12. The molecule has 0 amide bonds. The van der Waals surface area contributed by atoms with Gasteiger partial charge in [0.05, 0.1) is 6.61 Å². The summed E-state index contributed by atoms with van der Waals surface area (Å²) in [6, 6.07) is 0. The van der Waals surface area contributed by atoms with Crippen molar-refractivity contribution in [1.82, 2.24) is 0 Å². The van der Waals surface area contributed by atoms with Crippen molar-refractivity contribution in [2.45, 2.75) is 71.0 Å². The van der Waals surface area contributed by atoms with E-state index in [2.05, 4.69) is 41.7 Å². The van der Waals surface area contributed by atoms with E-state index in [4.69, 9.17) is 0 Å². The lowest BCUT2D eigenvalue weighted by Gasteiger charge is -2.16. The van der Waals surface area contributed by atoms with Crippen molar-refractivity contribution >= 4 is 5.97 Å². The average molecular weight is 363 g/mol. The summed E-state index contributed by atoms with van der Waals surface area (Å²) >= 11 is 0. The van der Waals surface area contributed by atoms with Crippen molar-refractivity contribution in [3.8, 4) is 0 Å². The summed E-state index contributed by atoms with van der Waals surface area (Å²) in [5.41, 5.74) is 2.95. The lowest BCUT2D eigenvalue weighted by Crippen LogP contribution is -2.39. The highest BCUT2D eigenvalue weighted by Gasteiger charge is 2.33. The van der Waals surface area contributed by atoms with Crippen molar-refractivity contribution in [1.29, 1.82) is 0 Å². The fourth-order valence-electron chi connectivity index (χ4n) is 2.98. The normalized spacial score (nSPS) is 19.5. The molecule has 0 aliphatic heterocycles. The van der Waals surface area contributed by atoms with Gasteiger partial charge in [0.15, 0.2) is 0 Å². The number of hydrogen-bond donors (Lipinski definition) is 2. The van der Waals surface area contributed by atoms with E-state index in [1.54, 1.807) is 6.92 Å². The van der Waals surface area contributed by atoms with E-state index >= 15 is 0 Å². The Morgan fingerprint density at radius 3 is 2.81 bits per heavy atom. The first-order valence-electron chi connectivity index (χ1n) is 9.86. The van der Waals surface area contributed by atoms with Gasteiger partial charge in [0.2, 0.25) is 0 Å². The van der Waals surface area contributed by atoms with Gasteiger partial charge in [-0.2, -0.15) is 0 Å². The zero-order chi connectivity index (χ0) is 19.3. The molecule has 0 aromatic rings. The second kappa shape index (κ2) is 12.7. The molecule has 0 aromatic heterocycles. The van der Waals surface area contributed by atoms with Crippen LogP contribution in [-0.2, 0) is 9.53 Å². The average Bonchev–Trinajstić information content (AvgIpc) is 3.05. The Balaban J connectivity index is 2.37. The fraction of sp³-hybridized carbons (Fsp3) is 0.636. The summed E-state index contributed by atoms with van der Waals surface area (Å²) in [5, 5.41) is 19.2. The Bertz CT molecular complexity index is 524. The molecule has 0 unspecified atom stereocenters. The predicted molar refractivity (Wildman–Crippen MR) is 104 cm³/mol. The van der Waals surface area contributed by atoms with Crippen molar-refractivity contribution in [3.05, 3.63) is 42.2 Å². The molecule has 2 atom stereocenters. The third kappa shape index (κ3) is 8.66. The van der Waals surface area contributed by atoms with E-state index in [1.165, 1.54) is 31.8 Å². The molecule has 146 valence electrons. The highest BCUT2D eigenvalue weighted by molar-refractivity contribution is 5.77. The first kappa shape index (κ1) is 22.4. The number of hydrogen-bond acceptors (Lipinski definition) is 4. The number of esters is 1. The summed E-state index contributed by atoms with van der Waals surface area (Å²) in [7, 11) is 0. The van der Waals surface area contributed by atoms with Gasteiger partial charge in [-0.05, 0) is 56.6 Å². The van der Waals surface area contributed by atoms with Crippen LogP contribution in [0.5, 0.6) is 0 Å². The number of aliphatic hydroxyl groups is 2. The molecule has 0 bridgehead atoms. The van der Waals surface area contributed by atoms with E-state index in [0.717, 1.165) is 19.3 Å². The SMILES string of the molecule is CCCCCCC=C[C@H]1C=CC[C@@H]1CC=C=CCC(O)(O)C(=O)OCC. The summed E-state index contributed by atoms with van der Waals surface area (Å²) in [6.07, 6.45) is 20.5. The minimum absolute atomic E-state index is 0.115. The monoisotopic (exact) mass is 362 g/mol. The van der Waals surface area contributed by atoms with Crippen molar-refractivity contribution in [3.63, 3.8) is 0 Å². The van der Waals surface area contributed by atoms with E-state index in [1.807, 2.05) is 6.08 Å². The smallest absolute Gasteiger partial charge is 0.366 e. The summed E-state index contributed by atoms with van der Waals surface area (Å²) in [5.74, 6) is -2.51. The maximum absolute atomic E-state index is 11.4. The minimum atomic E-state index is -2.48. The van der Waals surface area contributed by atoms with Crippen LogP contribution in [0.15, 0.2) is 42.2 Å². The van der Waals surface area contributed by atoms with Gasteiger partial charge in [0.25, 0.3) is 5.79 Å². The molecule has 1 aliphatic carbocycles. The van der Waals surface area contributed by atoms with Gasteiger partial charge >= 0.3 is 5.97 Å². The Kier molecular flexibility index (Phi) is 11.0. The third-order valence-electron chi connectivity index (χ3n) is 4.57. The van der Waals surface area contributed by atoms with Gasteiger partial charge in [-0.1, -0.05) is 50.5 Å². The third-order valence-corrected chi connectivity index (χ3v) is 4.57. The van der Waals surface area contributed by atoms with Crippen molar-refractivity contribution in [2.75, 3.05) is 6.61 Å². The van der Waals surface area contributed by atoms with Gasteiger partial charge in [0.1, 0.15) is 0 Å². The molecule has 0 fully saturated rings. The molecule has 0 heterocycles. The molecule has 0 saturated carbocycles. The first-order valence-corrected chi connectivity index (χ1v) is 9.86. The van der Waals surface area contributed by atoms with Gasteiger partial charge in [-0.15, -0.1) is 5.73 Å². The van der Waals surface area contributed by atoms with Crippen LogP contribution in [0, 0.1) is 11.8 Å². The number of ether oxygens (including phenoxy) is 1. The number of carbonyl (C=O) groups is 1. The molecule has 0 spiro atoms. The Hall–Kier alpha value is -1.61. The number of carbonyl (C=O) groups excluding carboxylic acids is 1. The molecular formula is C22H34O4. The predicted octanol–water partition coefficient (Wildman–Crippen LogP) is 4.44. The largest absolute Gasteiger partial charge is 0.462 e. The van der Waals surface area contributed by atoms with Crippen molar-refractivity contribution in [2.24, 2.45) is 11.8 Å². The van der Waals surface area contributed by atoms with E-state index < -0.39 is 11.8 Å². The van der Waals surface area contributed by atoms with Crippen molar-refractivity contribution < 1.29 is 19.7 Å². The Morgan fingerprint density at radius 2 is 2.08 bits per heavy atom. The maximum Gasteiger partial charge on any atom is 0.366 e. The van der Waals surface area contributed by atoms with Gasteiger partial charge in [-0.3, -0.25) is 0 Å². The second-order valence-corrected chi connectivity index (χ2v) is 6.83. The lowest BCUT2D eigenvalue weighted by atomic mass is 9.91. The van der Waals surface area contributed by atoms with Crippen LogP contribution < -0.4 is 0 Å². The Morgan fingerprint density at radius 1 is 1.27 bits per heavy atom. The van der Waals surface area contributed by atoms with Crippen LogP contribution in [0.4, 0.5) is 0 Å². The molecule has 2 N–H and O–H groups in total. The highest BCUT2D eigenvalue weighted by atomic mass is 16.6. The maximum atomic E-state index is 11.4. The molecular weight excluding hydrogens is 328 g/mol. The van der Waals surface area contributed by atoms with Crippen LogP contribution in [0.1, 0.15) is 65.2 Å². The van der Waals surface area contributed by atoms with Crippen LogP contribution >= 0.6 is 0 Å². The zero-order valence-electron chi connectivity index (χ0n) is 16.2. The molecule has 1 rings (SSSR count). The molecule has 1 aliphatic rings. The van der Waals surface area contributed by atoms with Gasteiger partial charge in [0, 0.05) is 6.42 Å². The molecule has 4 heteroatoms. The van der Waals surface area contributed by atoms with Gasteiger partial charge < -0.3 is 14.9 Å². The lowest BCUT2D eigenvalue weighted by molar-refractivity contribution is -0.207. The fourth-order valence-corrected chi connectivity index (χ4v) is 2.98. The molecule has 0 radical (unpaired) electrons. The summed E-state index contributed by atoms with van der Waals surface area (Å²) in [6.45, 7) is 3.96. The molecule has 0 aromatic carbocycles.